The number of rotatable bonds is 4. The number of hydrogen-bond acceptors (Lipinski definition) is 5. The molecular weight excluding hydrogens is 336 g/mol. The van der Waals surface area contributed by atoms with Gasteiger partial charge in [0.15, 0.2) is 10.5 Å². The zero-order valence-corrected chi connectivity index (χ0v) is 14.6. The van der Waals surface area contributed by atoms with Crippen molar-refractivity contribution in [2.75, 3.05) is 11.6 Å². The van der Waals surface area contributed by atoms with Crippen molar-refractivity contribution in [1.82, 2.24) is 24.1 Å². The SMILES string of the molecule is Cn1ccc(-c2nccn3nc(Nc4ccc([S+](C)[O-])cc4)nc23)c1. The second kappa shape index (κ2) is 6.23. The number of nitrogens with zero attached hydrogens (tertiary/aromatic N) is 5. The molecule has 0 spiro atoms. The topological polar surface area (TPSA) is 83.1 Å². The van der Waals surface area contributed by atoms with Crippen LogP contribution in [0.15, 0.2) is 60.0 Å². The average molecular weight is 352 g/mol. The highest BCUT2D eigenvalue weighted by molar-refractivity contribution is 7.90. The Morgan fingerprint density at radius 3 is 2.60 bits per heavy atom. The summed E-state index contributed by atoms with van der Waals surface area (Å²) in [5.74, 6) is 0.482. The average Bonchev–Trinajstić information content (AvgIpc) is 3.20. The third-order valence-electron chi connectivity index (χ3n) is 3.80. The third-order valence-corrected chi connectivity index (χ3v) is 4.74. The second-order valence-corrected chi connectivity index (χ2v) is 7.03. The molecule has 126 valence electrons. The molecule has 0 radical (unpaired) electrons. The first kappa shape index (κ1) is 15.7. The predicted octanol–water partition coefficient (Wildman–Crippen LogP) is 2.61. The van der Waals surface area contributed by atoms with E-state index in [4.69, 9.17) is 0 Å². The molecule has 0 aliphatic heterocycles. The molecule has 0 bridgehead atoms. The maximum Gasteiger partial charge on any atom is 0.247 e. The van der Waals surface area contributed by atoms with E-state index in [0.29, 0.717) is 11.6 Å². The van der Waals surface area contributed by atoms with Gasteiger partial charge in [0.05, 0.1) is 0 Å². The number of aromatic nitrogens is 5. The van der Waals surface area contributed by atoms with Gasteiger partial charge in [-0.1, -0.05) is 0 Å². The quantitative estimate of drug-likeness (QED) is 0.571. The van der Waals surface area contributed by atoms with Crippen LogP contribution in [0.25, 0.3) is 16.9 Å². The van der Waals surface area contributed by atoms with Crippen molar-refractivity contribution in [3.63, 3.8) is 0 Å². The molecule has 3 heterocycles. The van der Waals surface area contributed by atoms with E-state index in [0.717, 1.165) is 21.8 Å². The highest BCUT2D eigenvalue weighted by atomic mass is 32.2. The van der Waals surface area contributed by atoms with Gasteiger partial charge in [-0.25, -0.2) is 4.52 Å². The van der Waals surface area contributed by atoms with Gasteiger partial charge in [0.25, 0.3) is 0 Å². The molecule has 0 amide bonds. The number of fused-ring (bicyclic) bond motifs is 1. The van der Waals surface area contributed by atoms with E-state index in [1.807, 2.05) is 54.3 Å². The van der Waals surface area contributed by atoms with E-state index in [-0.39, 0.29) is 0 Å². The van der Waals surface area contributed by atoms with Gasteiger partial charge in [-0.2, -0.15) is 4.98 Å². The van der Waals surface area contributed by atoms with E-state index in [9.17, 15) is 4.55 Å². The van der Waals surface area contributed by atoms with Gasteiger partial charge in [-0.15, -0.1) is 5.10 Å². The van der Waals surface area contributed by atoms with Crippen molar-refractivity contribution in [3.8, 4) is 11.3 Å². The van der Waals surface area contributed by atoms with Crippen molar-refractivity contribution in [2.45, 2.75) is 4.90 Å². The lowest BCUT2D eigenvalue weighted by Gasteiger charge is -2.05. The molecule has 4 rings (SSSR count). The van der Waals surface area contributed by atoms with Gasteiger partial charge < -0.3 is 14.4 Å². The molecule has 3 aromatic heterocycles. The van der Waals surface area contributed by atoms with Crippen molar-refractivity contribution >= 4 is 28.5 Å². The van der Waals surface area contributed by atoms with Crippen LogP contribution in [0.1, 0.15) is 0 Å². The molecular formula is C17H16N6OS. The highest BCUT2D eigenvalue weighted by Gasteiger charge is 2.12. The van der Waals surface area contributed by atoms with Crippen LogP contribution in [0, 0.1) is 0 Å². The van der Waals surface area contributed by atoms with Crippen LogP contribution in [0.4, 0.5) is 11.6 Å². The van der Waals surface area contributed by atoms with Crippen LogP contribution >= 0.6 is 0 Å². The second-order valence-electron chi connectivity index (χ2n) is 5.65. The number of nitrogens with one attached hydrogen (secondary N) is 1. The fourth-order valence-electron chi connectivity index (χ4n) is 2.58. The lowest BCUT2D eigenvalue weighted by molar-refractivity contribution is 0.601. The molecule has 1 unspecified atom stereocenters. The summed E-state index contributed by atoms with van der Waals surface area (Å²) >= 11 is -0.992. The van der Waals surface area contributed by atoms with Gasteiger partial charge in [-0.05, 0) is 41.5 Å². The molecule has 0 saturated carbocycles. The molecule has 1 atom stereocenters. The summed E-state index contributed by atoms with van der Waals surface area (Å²) in [6, 6.07) is 9.36. The van der Waals surface area contributed by atoms with E-state index in [1.54, 1.807) is 23.2 Å². The maximum absolute atomic E-state index is 11.5. The summed E-state index contributed by atoms with van der Waals surface area (Å²) in [6.45, 7) is 0. The number of benzene rings is 1. The van der Waals surface area contributed by atoms with E-state index < -0.39 is 11.2 Å². The molecule has 1 aromatic carbocycles. The Morgan fingerprint density at radius 2 is 1.92 bits per heavy atom. The van der Waals surface area contributed by atoms with Gasteiger partial charge >= 0.3 is 0 Å². The molecule has 0 aliphatic carbocycles. The summed E-state index contributed by atoms with van der Waals surface area (Å²) in [7, 11) is 1.97. The Hall–Kier alpha value is -2.84. The van der Waals surface area contributed by atoms with Gasteiger partial charge in [0.2, 0.25) is 5.95 Å². The molecule has 4 aromatic rings. The van der Waals surface area contributed by atoms with Crippen LogP contribution in [-0.2, 0) is 18.2 Å². The minimum atomic E-state index is -0.992. The van der Waals surface area contributed by atoms with E-state index in [1.165, 1.54) is 0 Å². The fraction of sp³-hybridized carbons (Fsp3) is 0.118. The van der Waals surface area contributed by atoms with Crippen molar-refractivity contribution in [3.05, 3.63) is 55.1 Å². The summed E-state index contributed by atoms with van der Waals surface area (Å²) < 4.78 is 15.1. The first-order valence-electron chi connectivity index (χ1n) is 7.64. The zero-order chi connectivity index (χ0) is 17.4. The monoisotopic (exact) mass is 352 g/mol. The Morgan fingerprint density at radius 1 is 1.12 bits per heavy atom. The number of anilines is 2. The standard InChI is InChI=1S/C17H16N6OS/c1-22-9-7-12(11-22)15-16-20-17(21-23(16)10-8-18-15)19-13-3-5-14(6-4-13)25(2)24/h3-11H,1-2H3,(H,19,21). The third kappa shape index (κ3) is 3.09. The van der Waals surface area contributed by atoms with E-state index in [2.05, 4.69) is 20.4 Å². The highest BCUT2D eigenvalue weighted by Crippen LogP contribution is 2.23. The van der Waals surface area contributed by atoms with Crippen molar-refractivity contribution < 1.29 is 4.55 Å². The normalized spacial score (nSPS) is 12.4. The van der Waals surface area contributed by atoms with Gasteiger partial charge in [0, 0.05) is 43.1 Å². The molecule has 7 nitrogen and oxygen atoms in total. The Balaban J connectivity index is 1.67. The summed E-state index contributed by atoms with van der Waals surface area (Å²) in [4.78, 5) is 9.79. The van der Waals surface area contributed by atoms with Crippen LogP contribution in [0.3, 0.4) is 0 Å². The van der Waals surface area contributed by atoms with E-state index >= 15 is 0 Å². The van der Waals surface area contributed by atoms with Crippen LogP contribution in [-0.4, -0.2) is 35.0 Å². The summed E-state index contributed by atoms with van der Waals surface area (Å²) in [6.07, 6.45) is 9.09. The Labute approximate surface area is 147 Å². The van der Waals surface area contributed by atoms with Gasteiger partial charge in [0.1, 0.15) is 11.9 Å². The summed E-state index contributed by atoms with van der Waals surface area (Å²) in [5.41, 5.74) is 3.28. The lowest BCUT2D eigenvalue weighted by atomic mass is 10.2. The maximum atomic E-state index is 11.5. The number of hydrogen-bond donors (Lipinski definition) is 1. The smallest absolute Gasteiger partial charge is 0.247 e. The summed E-state index contributed by atoms with van der Waals surface area (Å²) in [5, 5.41) is 7.61. The zero-order valence-electron chi connectivity index (χ0n) is 13.7. The Bertz CT molecular complexity index is 1020. The first-order chi connectivity index (χ1) is 12.1. The predicted molar refractivity (Wildman–Crippen MR) is 97.2 cm³/mol. The van der Waals surface area contributed by atoms with Crippen LogP contribution < -0.4 is 5.32 Å². The largest absolute Gasteiger partial charge is 0.612 e. The minimum Gasteiger partial charge on any atom is -0.612 e. The molecule has 0 aliphatic rings. The van der Waals surface area contributed by atoms with Crippen molar-refractivity contribution in [2.24, 2.45) is 7.05 Å². The van der Waals surface area contributed by atoms with Crippen molar-refractivity contribution in [1.29, 1.82) is 0 Å². The molecule has 1 N–H and O–H groups in total. The Kier molecular flexibility index (Phi) is 3.90. The van der Waals surface area contributed by atoms with Crippen LogP contribution in [0.5, 0.6) is 0 Å². The number of aryl methyl sites for hydroxylation is 1. The fourth-order valence-corrected chi connectivity index (χ4v) is 3.10. The van der Waals surface area contributed by atoms with Crippen LogP contribution in [0.2, 0.25) is 0 Å². The van der Waals surface area contributed by atoms with Gasteiger partial charge in [-0.3, -0.25) is 4.98 Å². The molecule has 8 heteroatoms. The molecule has 0 fully saturated rings. The molecule has 25 heavy (non-hydrogen) atoms. The first-order valence-corrected chi connectivity index (χ1v) is 9.20. The lowest BCUT2D eigenvalue weighted by Crippen LogP contribution is -1.98. The molecule has 0 saturated heterocycles. The minimum absolute atomic E-state index is 0.482.